The van der Waals surface area contributed by atoms with Gasteiger partial charge < -0.3 is 4.74 Å². The summed E-state index contributed by atoms with van der Waals surface area (Å²) in [4.78, 5) is 4.10. The molecule has 0 aromatic carbocycles. The lowest BCUT2D eigenvalue weighted by Gasteiger charge is -2.34. The van der Waals surface area contributed by atoms with Gasteiger partial charge in [-0.3, -0.25) is 4.40 Å². The number of fused-ring (bicyclic) bond motifs is 1. The number of rotatable bonds is 2. The van der Waals surface area contributed by atoms with Crippen LogP contribution in [0.4, 0.5) is 0 Å². The Bertz CT molecular complexity index is 764. The smallest absolute Gasteiger partial charge is 0.262 e. The molecule has 0 radical (unpaired) electrons. The van der Waals surface area contributed by atoms with Crippen LogP contribution in [-0.4, -0.2) is 47.4 Å². The predicted molar refractivity (Wildman–Crippen MR) is 79.0 cm³/mol. The fourth-order valence-corrected chi connectivity index (χ4v) is 4.81. The Morgan fingerprint density at radius 3 is 2.62 bits per heavy atom. The predicted octanol–water partition coefficient (Wildman–Crippen LogP) is 1.79. The summed E-state index contributed by atoms with van der Waals surface area (Å²) in [5.41, 5.74) is 0.510. The minimum absolute atomic E-state index is 0.00648. The lowest BCUT2D eigenvalue weighted by atomic mass is 10.3. The summed E-state index contributed by atoms with van der Waals surface area (Å²) in [5.74, 6) is 0. The monoisotopic (exact) mass is 329 g/mol. The molecule has 2 aromatic rings. The molecule has 0 amide bonds. The summed E-state index contributed by atoms with van der Waals surface area (Å²) in [6, 6.07) is 5.25. The van der Waals surface area contributed by atoms with E-state index in [2.05, 4.69) is 4.98 Å². The number of morpholine rings is 1. The highest BCUT2D eigenvalue weighted by Gasteiger charge is 2.35. The number of hydrogen-bond donors (Lipinski definition) is 0. The van der Waals surface area contributed by atoms with E-state index in [1.807, 2.05) is 13.8 Å². The summed E-state index contributed by atoms with van der Waals surface area (Å²) >= 11 is 6.08. The average Bonchev–Trinajstić information content (AvgIpc) is 2.73. The lowest BCUT2D eigenvalue weighted by Crippen LogP contribution is -2.48. The molecule has 2 atom stereocenters. The van der Waals surface area contributed by atoms with Gasteiger partial charge in [0.1, 0.15) is 5.65 Å². The molecule has 1 aliphatic heterocycles. The van der Waals surface area contributed by atoms with E-state index in [1.54, 1.807) is 24.4 Å². The molecule has 8 heteroatoms. The molecule has 0 aliphatic carbocycles. The maximum absolute atomic E-state index is 12.9. The average molecular weight is 330 g/mol. The molecule has 3 heterocycles. The molecule has 6 nitrogen and oxygen atoms in total. The first-order chi connectivity index (χ1) is 9.89. The van der Waals surface area contributed by atoms with Crippen LogP contribution < -0.4 is 0 Å². The highest BCUT2D eigenvalue weighted by Crippen LogP contribution is 2.27. The molecule has 2 aromatic heterocycles. The van der Waals surface area contributed by atoms with Crippen LogP contribution in [0.2, 0.25) is 5.15 Å². The third kappa shape index (κ3) is 2.55. The van der Waals surface area contributed by atoms with Crippen molar-refractivity contribution in [3.05, 3.63) is 29.5 Å². The zero-order chi connectivity index (χ0) is 15.2. The minimum atomic E-state index is -3.72. The fraction of sp³-hybridized carbons (Fsp3) is 0.462. The highest BCUT2D eigenvalue weighted by atomic mass is 35.5. The van der Waals surface area contributed by atoms with Gasteiger partial charge in [0.25, 0.3) is 10.0 Å². The SMILES string of the molecule is C[C@@H]1CN(S(=O)(=O)c2c(Cl)nc3ccccn23)C[C@H](C)O1. The van der Waals surface area contributed by atoms with Crippen LogP contribution in [-0.2, 0) is 14.8 Å². The van der Waals surface area contributed by atoms with Crippen molar-refractivity contribution in [2.45, 2.75) is 31.1 Å². The van der Waals surface area contributed by atoms with Crippen molar-refractivity contribution < 1.29 is 13.2 Å². The third-order valence-electron chi connectivity index (χ3n) is 3.42. The molecule has 1 saturated heterocycles. The molecule has 114 valence electrons. The zero-order valence-electron chi connectivity index (χ0n) is 11.7. The van der Waals surface area contributed by atoms with E-state index in [1.165, 1.54) is 8.71 Å². The Kier molecular flexibility index (Phi) is 3.69. The van der Waals surface area contributed by atoms with Crippen molar-refractivity contribution in [1.29, 1.82) is 0 Å². The Hall–Kier alpha value is -1.15. The second kappa shape index (κ2) is 5.24. The number of imidazole rings is 1. The van der Waals surface area contributed by atoms with Gasteiger partial charge in [0, 0.05) is 19.3 Å². The Labute approximate surface area is 128 Å². The van der Waals surface area contributed by atoms with Crippen LogP contribution in [0.5, 0.6) is 0 Å². The van der Waals surface area contributed by atoms with Gasteiger partial charge in [0.05, 0.1) is 12.2 Å². The molecule has 21 heavy (non-hydrogen) atoms. The first-order valence-corrected chi connectivity index (χ1v) is 8.49. The molecule has 3 rings (SSSR count). The minimum Gasteiger partial charge on any atom is -0.373 e. The van der Waals surface area contributed by atoms with Gasteiger partial charge in [0.15, 0.2) is 10.2 Å². The van der Waals surface area contributed by atoms with E-state index in [0.29, 0.717) is 18.7 Å². The van der Waals surface area contributed by atoms with Crippen molar-refractivity contribution >= 4 is 27.3 Å². The van der Waals surface area contributed by atoms with Gasteiger partial charge in [-0.1, -0.05) is 17.7 Å². The van der Waals surface area contributed by atoms with Crippen molar-refractivity contribution in [1.82, 2.24) is 13.7 Å². The van der Waals surface area contributed by atoms with Crippen LogP contribution in [0.25, 0.3) is 5.65 Å². The largest absolute Gasteiger partial charge is 0.373 e. The van der Waals surface area contributed by atoms with Gasteiger partial charge in [-0.05, 0) is 26.0 Å². The van der Waals surface area contributed by atoms with Crippen molar-refractivity contribution in [2.75, 3.05) is 13.1 Å². The lowest BCUT2D eigenvalue weighted by molar-refractivity contribution is -0.0441. The highest BCUT2D eigenvalue weighted by molar-refractivity contribution is 7.89. The Morgan fingerprint density at radius 1 is 1.29 bits per heavy atom. The van der Waals surface area contributed by atoms with E-state index in [0.717, 1.165) is 0 Å². The summed E-state index contributed by atoms with van der Waals surface area (Å²) in [7, 11) is -3.72. The van der Waals surface area contributed by atoms with Crippen molar-refractivity contribution in [3.8, 4) is 0 Å². The zero-order valence-corrected chi connectivity index (χ0v) is 13.3. The first-order valence-electron chi connectivity index (χ1n) is 6.68. The number of halogens is 1. The summed E-state index contributed by atoms with van der Waals surface area (Å²) < 4.78 is 34.3. The van der Waals surface area contributed by atoms with Gasteiger partial charge in [-0.25, -0.2) is 13.4 Å². The number of hydrogen-bond acceptors (Lipinski definition) is 4. The fourth-order valence-electron chi connectivity index (χ4n) is 2.62. The molecule has 0 spiro atoms. The number of ether oxygens (including phenoxy) is 1. The summed E-state index contributed by atoms with van der Waals surface area (Å²) in [6.07, 6.45) is 1.34. The molecule has 0 saturated carbocycles. The number of pyridine rings is 1. The Morgan fingerprint density at radius 2 is 1.95 bits per heavy atom. The van der Waals surface area contributed by atoms with Crippen LogP contribution in [0.15, 0.2) is 29.4 Å². The van der Waals surface area contributed by atoms with E-state index >= 15 is 0 Å². The van der Waals surface area contributed by atoms with Crippen molar-refractivity contribution in [3.63, 3.8) is 0 Å². The molecule has 1 fully saturated rings. The molecule has 1 aliphatic rings. The molecule has 0 bridgehead atoms. The van der Waals surface area contributed by atoms with Gasteiger partial charge in [-0.2, -0.15) is 4.31 Å². The third-order valence-corrected chi connectivity index (χ3v) is 5.65. The van der Waals surface area contributed by atoms with Gasteiger partial charge in [-0.15, -0.1) is 0 Å². The van der Waals surface area contributed by atoms with Gasteiger partial charge >= 0.3 is 0 Å². The second-order valence-electron chi connectivity index (χ2n) is 5.22. The number of nitrogens with zero attached hydrogens (tertiary/aromatic N) is 3. The van der Waals surface area contributed by atoms with Crippen molar-refractivity contribution in [2.24, 2.45) is 0 Å². The summed E-state index contributed by atoms with van der Waals surface area (Å²) in [5, 5.41) is 0.00839. The Balaban J connectivity index is 2.10. The van der Waals surface area contributed by atoms with E-state index < -0.39 is 10.0 Å². The van der Waals surface area contributed by atoms with E-state index in [4.69, 9.17) is 16.3 Å². The maximum Gasteiger partial charge on any atom is 0.262 e. The molecular weight excluding hydrogens is 314 g/mol. The van der Waals surface area contributed by atoms with Crippen LogP contribution in [0, 0.1) is 0 Å². The van der Waals surface area contributed by atoms with Crippen LogP contribution in [0.3, 0.4) is 0 Å². The standard InChI is InChI=1S/C13H16ClN3O3S/c1-9-7-16(8-10(2)20-9)21(18,19)13-12(14)15-11-5-3-4-6-17(11)13/h3-6,9-10H,7-8H2,1-2H3/t9-,10+. The maximum atomic E-state index is 12.9. The van der Waals surface area contributed by atoms with Crippen LogP contribution >= 0.6 is 11.6 Å². The van der Waals surface area contributed by atoms with E-state index in [9.17, 15) is 8.42 Å². The van der Waals surface area contributed by atoms with Crippen LogP contribution in [0.1, 0.15) is 13.8 Å². The topological polar surface area (TPSA) is 63.9 Å². The number of sulfonamides is 1. The molecule has 0 unspecified atom stereocenters. The molecule has 0 N–H and O–H groups in total. The summed E-state index contributed by atoms with van der Waals surface area (Å²) in [6.45, 7) is 4.33. The normalized spacial score (nSPS) is 24.5. The number of aromatic nitrogens is 2. The quantitative estimate of drug-likeness (QED) is 0.842. The van der Waals surface area contributed by atoms with Gasteiger partial charge in [0.2, 0.25) is 0 Å². The first kappa shape index (κ1) is 14.8. The second-order valence-corrected chi connectivity index (χ2v) is 7.43. The molecular formula is C13H16ClN3O3S. The van der Waals surface area contributed by atoms with E-state index in [-0.39, 0.29) is 22.4 Å².